The molecular weight excluding hydrogens is 188 g/mol. The fourth-order valence-corrected chi connectivity index (χ4v) is 1.54. The summed E-state index contributed by atoms with van der Waals surface area (Å²) in [7, 11) is 6.16. The van der Waals surface area contributed by atoms with Crippen LogP contribution in [0.5, 0.6) is 0 Å². The van der Waals surface area contributed by atoms with Crippen molar-refractivity contribution in [3.05, 3.63) is 18.2 Å². The van der Waals surface area contributed by atoms with Gasteiger partial charge in [0.25, 0.3) is 0 Å². The topological polar surface area (TPSA) is 33.1 Å². The Balaban J connectivity index is 2.55. The van der Waals surface area contributed by atoms with Crippen molar-refractivity contribution in [2.45, 2.75) is 32.5 Å². The first-order valence-electron chi connectivity index (χ1n) is 5.40. The van der Waals surface area contributed by atoms with Gasteiger partial charge in [-0.2, -0.15) is 0 Å². The molecule has 0 aliphatic carbocycles. The molecule has 1 N–H and O–H groups in total. The Morgan fingerprint density at radius 1 is 1.53 bits per heavy atom. The molecule has 2 unspecified atom stereocenters. The molecule has 15 heavy (non-hydrogen) atoms. The van der Waals surface area contributed by atoms with E-state index in [1.807, 2.05) is 26.5 Å². The Bertz CT molecular complexity index is 295. The fourth-order valence-electron chi connectivity index (χ4n) is 1.54. The zero-order valence-electron chi connectivity index (χ0n) is 10.4. The van der Waals surface area contributed by atoms with Crippen molar-refractivity contribution in [1.82, 2.24) is 19.8 Å². The molecular formula is C11H22N4. The van der Waals surface area contributed by atoms with E-state index >= 15 is 0 Å². The highest BCUT2D eigenvalue weighted by molar-refractivity contribution is 4.91. The van der Waals surface area contributed by atoms with Crippen molar-refractivity contribution in [3.63, 3.8) is 0 Å². The van der Waals surface area contributed by atoms with E-state index in [1.165, 1.54) is 0 Å². The number of rotatable bonds is 5. The minimum Gasteiger partial charge on any atom is -0.337 e. The predicted octanol–water partition coefficient (Wildman–Crippen LogP) is 0.848. The van der Waals surface area contributed by atoms with E-state index in [1.54, 1.807) is 0 Å². The fraction of sp³-hybridized carbons (Fsp3) is 0.727. The summed E-state index contributed by atoms with van der Waals surface area (Å²) in [5.74, 6) is 1.10. The van der Waals surface area contributed by atoms with Gasteiger partial charge in [-0.1, -0.05) is 0 Å². The zero-order valence-corrected chi connectivity index (χ0v) is 10.4. The van der Waals surface area contributed by atoms with Gasteiger partial charge in [0, 0.05) is 31.5 Å². The molecule has 86 valence electrons. The molecule has 4 nitrogen and oxygen atoms in total. The van der Waals surface area contributed by atoms with Crippen LogP contribution in [0.15, 0.2) is 12.4 Å². The number of imidazole rings is 1. The molecule has 1 aromatic rings. The molecule has 1 rings (SSSR count). The first-order chi connectivity index (χ1) is 7.06. The molecule has 0 aliphatic heterocycles. The van der Waals surface area contributed by atoms with Crippen molar-refractivity contribution in [1.29, 1.82) is 0 Å². The lowest BCUT2D eigenvalue weighted by Crippen LogP contribution is -2.43. The Morgan fingerprint density at radius 2 is 2.20 bits per heavy atom. The quantitative estimate of drug-likeness (QED) is 0.782. The van der Waals surface area contributed by atoms with E-state index < -0.39 is 0 Å². The minimum atomic E-state index is 0.482. The van der Waals surface area contributed by atoms with Gasteiger partial charge in [-0.3, -0.25) is 4.90 Å². The third-order valence-corrected chi connectivity index (χ3v) is 3.19. The zero-order chi connectivity index (χ0) is 11.4. The van der Waals surface area contributed by atoms with Gasteiger partial charge in [0.15, 0.2) is 0 Å². The van der Waals surface area contributed by atoms with Crippen LogP contribution in [-0.4, -0.2) is 40.6 Å². The Labute approximate surface area is 92.3 Å². The van der Waals surface area contributed by atoms with Gasteiger partial charge >= 0.3 is 0 Å². The van der Waals surface area contributed by atoms with Gasteiger partial charge in [-0.15, -0.1) is 0 Å². The lowest BCUT2D eigenvalue weighted by molar-refractivity contribution is 0.205. The van der Waals surface area contributed by atoms with E-state index in [-0.39, 0.29) is 0 Å². The minimum absolute atomic E-state index is 0.482. The second-order valence-corrected chi connectivity index (χ2v) is 4.19. The van der Waals surface area contributed by atoms with Crippen molar-refractivity contribution in [2.75, 3.05) is 14.1 Å². The first-order valence-corrected chi connectivity index (χ1v) is 5.40. The van der Waals surface area contributed by atoms with Crippen molar-refractivity contribution < 1.29 is 0 Å². The number of nitrogens with one attached hydrogen (secondary N) is 1. The Hall–Kier alpha value is -0.870. The van der Waals surface area contributed by atoms with Gasteiger partial charge < -0.3 is 9.88 Å². The summed E-state index contributed by atoms with van der Waals surface area (Å²) in [6, 6.07) is 0.974. The van der Waals surface area contributed by atoms with Gasteiger partial charge in [-0.05, 0) is 27.9 Å². The largest absolute Gasteiger partial charge is 0.337 e. The maximum atomic E-state index is 4.32. The average Bonchev–Trinajstić information content (AvgIpc) is 2.62. The first kappa shape index (κ1) is 12.2. The summed E-state index contributed by atoms with van der Waals surface area (Å²) in [5.41, 5.74) is 0. The highest BCUT2D eigenvalue weighted by Gasteiger charge is 2.16. The highest BCUT2D eigenvalue weighted by atomic mass is 15.2. The Kier molecular flexibility index (Phi) is 4.29. The number of aromatic nitrogens is 2. The molecule has 0 amide bonds. The molecule has 0 saturated carbocycles. The van der Waals surface area contributed by atoms with E-state index in [2.05, 4.69) is 40.7 Å². The van der Waals surface area contributed by atoms with Crippen LogP contribution in [0.4, 0.5) is 0 Å². The number of aryl methyl sites for hydroxylation is 1. The second-order valence-electron chi connectivity index (χ2n) is 4.19. The van der Waals surface area contributed by atoms with E-state index in [0.29, 0.717) is 12.1 Å². The van der Waals surface area contributed by atoms with Crippen LogP contribution < -0.4 is 5.32 Å². The molecule has 0 aliphatic rings. The maximum absolute atomic E-state index is 4.32. The number of hydrogen-bond acceptors (Lipinski definition) is 3. The van der Waals surface area contributed by atoms with E-state index in [0.717, 1.165) is 12.4 Å². The van der Waals surface area contributed by atoms with E-state index in [9.17, 15) is 0 Å². The molecule has 0 aromatic carbocycles. The van der Waals surface area contributed by atoms with Crippen molar-refractivity contribution >= 4 is 0 Å². The molecule has 1 aromatic heterocycles. The number of likely N-dealkylation sites (N-methyl/N-ethyl adjacent to an activating group) is 2. The van der Waals surface area contributed by atoms with Gasteiger partial charge in [-0.25, -0.2) is 4.98 Å². The summed E-state index contributed by atoms with van der Waals surface area (Å²) < 4.78 is 2.06. The van der Waals surface area contributed by atoms with Crippen LogP contribution in [-0.2, 0) is 13.6 Å². The molecule has 2 atom stereocenters. The van der Waals surface area contributed by atoms with Gasteiger partial charge in [0.1, 0.15) is 5.82 Å². The summed E-state index contributed by atoms with van der Waals surface area (Å²) in [4.78, 5) is 6.63. The number of hydrogen-bond donors (Lipinski definition) is 1. The molecule has 0 spiro atoms. The summed E-state index contributed by atoms with van der Waals surface area (Å²) in [5, 5.41) is 3.27. The summed E-state index contributed by atoms with van der Waals surface area (Å²) >= 11 is 0. The standard InChI is InChI=1S/C11H22N4/c1-9(12-3)10(2)15(5)8-11-13-6-7-14(11)4/h6-7,9-10,12H,8H2,1-5H3. The third-order valence-electron chi connectivity index (χ3n) is 3.19. The van der Waals surface area contributed by atoms with Crippen LogP contribution in [0.2, 0.25) is 0 Å². The van der Waals surface area contributed by atoms with E-state index in [4.69, 9.17) is 0 Å². The smallest absolute Gasteiger partial charge is 0.122 e. The Morgan fingerprint density at radius 3 is 2.67 bits per heavy atom. The van der Waals surface area contributed by atoms with Gasteiger partial charge in [0.05, 0.1) is 6.54 Å². The summed E-state index contributed by atoms with van der Waals surface area (Å²) in [6.45, 7) is 5.31. The number of nitrogens with zero attached hydrogens (tertiary/aromatic N) is 3. The molecule has 1 heterocycles. The molecule has 0 bridgehead atoms. The molecule has 0 fully saturated rings. The maximum Gasteiger partial charge on any atom is 0.122 e. The van der Waals surface area contributed by atoms with Crippen molar-refractivity contribution in [2.24, 2.45) is 7.05 Å². The normalized spacial score (nSPS) is 15.6. The molecule has 0 saturated heterocycles. The highest BCUT2D eigenvalue weighted by Crippen LogP contribution is 2.06. The van der Waals surface area contributed by atoms with Crippen LogP contribution >= 0.6 is 0 Å². The van der Waals surface area contributed by atoms with Crippen LogP contribution in [0.3, 0.4) is 0 Å². The van der Waals surface area contributed by atoms with Crippen LogP contribution in [0.25, 0.3) is 0 Å². The average molecular weight is 210 g/mol. The predicted molar refractivity (Wildman–Crippen MR) is 62.7 cm³/mol. The van der Waals surface area contributed by atoms with Crippen LogP contribution in [0, 0.1) is 0 Å². The summed E-state index contributed by atoms with van der Waals surface area (Å²) in [6.07, 6.45) is 3.82. The third kappa shape index (κ3) is 3.04. The van der Waals surface area contributed by atoms with Crippen LogP contribution in [0.1, 0.15) is 19.7 Å². The molecule has 4 heteroatoms. The molecule has 0 radical (unpaired) electrons. The van der Waals surface area contributed by atoms with Crippen molar-refractivity contribution in [3.8, 4) is 0 Å². The second kappa shape index (κ2) is 5.28. The SMILES string of the molecule is CNC(C)C(C)N(C)Cc1nccn1C. The lowest BCUT2D eigenvalue weighted by Gasteiger charge is -2.29. The monoisotopic (exact) mass is 210 g/mol. The van der Waals surface area contributed by atoms with Gasteiger partial charge in [0.2, 0.25) is 0 Å². The lowest BCUT2D eigenvalue weighted by atomic mass is 10.1.